The number of rotatable bonds is 3. The molecule has 2 rings (SSSR count). The molecule has 2 unspecified atom stereocenters. The summed E-state index contributed by atoms with van der Waals surface area (Å²) in [4.78, 5) is 0. The van der Waals surface area contributed by atoms with Crippen LogP contribution in [0, 0.1) is 17.6 Å². The quantitative estimate of drug-likeness (QED) is 0.881. The minimum atomic E-state index is -0.555. The van der Waals surface area contributed by atoms with Gasteiger partial charge in [0.15, 0.2) is 0 Å². The van der Waals surface area contributed by atoms with E-state index >= 15 is 0 Å². The molecule has 0 spiro atoms. The monoisotopic (exact) mass is 241 g/mol. The Morgan fingerprint density at radius 3 is 2.88 bits per heavy atom. The van der Waals surface area contributed by atoms with E-state index in [1.807, 2.05) is 0 Å². The molecule has 94 valence electrons. The van der Waals surface area contributed by atoms with Gasteiger partial charge in [0.2, 0.25) is 0 Å². The lowest BCUT2D eigenvalue weighted by atomic mass is 9.90. The second-order valence-electron chi connectivity index (χ2n) is 4.58. The summed E-state index contributed by atoms with van der Waals surface area (Å²) in [6, 6.07) is 3.51. The first-order chi connectivity index (χ1) is 8.16. The third-order valence-electron chi connectivity index (χ3n) is 3.27. The molecule has 17 heavy (non-hydrogen) atoms. The van der Waals surface area contributed by atoms with Gasteiger partial charge in [0.05, 0.1) is 6.61 Å². The Morgan fingerprint density at radius 1 is 1.41 bits per heavy atom. The maximum absolute atomic E-state index is 13.5. The van der Waals surface area contributed by atoms with Gasteiger partial charge in [-0.25, -0.2) is 8.78 Å². The summed E-state index contributed by atoms with van der Waals surface area (Å²) in [5.74, 6) is -0.800. The van der Waals surface area contributed by atoms with E-state index in [4.69, 9.17) is 10.5 Å². The predicted molar refractivity (Wildman–Crippen MR) is 61.6 cm³/mol. The van der Waals surface area contributed by atoms with Crippen molar-refractivity contribution in [1.82, 2.24) is 0 Å². The van der Waals surface area contributed by atoms with Crippen LogP contribution in [0.5, 0.6) is 0 Å². The van der Waals surface area contributed by atoms with Crippen LogP contribution < -0.4 is 5.73 Å². The molecule has 2 atom stereocenters. The maximum atomic E-state index is 13.5. The first-order valence-electron chi connectivity index (χ1n) is 5.94. The zero-order chi connectivity index (χ0) is 12.3. The highest BCUT2D eigenvalue weighted by atomic mass is 19.1. The molecule has 1 aromatic rings. The van der Waals surface area contributed by atoms with E-state index < -0.39 is 11.6 Å². The highest BCUT2D eigenvalue weighted by Crippen LogP contribution is 2.20. The number of halogens is 2. The first-order valence-corrected chi connectivity index (χ1v) is 5.94. The molecule has 0 aromatic heterocycles. The van der Waals surface area contributed by atoms with Crippen molar-refractivity contribution in [2.24, 2.45) is 11.7 Å². The molecule has 0 saturated carbocycles. The molecule has 2 nitrogen and oxygen atoms in total. The Morgan fingerprint density at radius 2 is 2.24 bits per heavy atom. The Balaban J connectivity index is 1.99. The lowest BCUT2D eigenvalue weighted by Gasteiger charge is -2.27. The van der Waals surface area contributed by atoms with Crippen LogP contribution in [-0.4, -0.2) is 19.3 Å². The normalized spacial score (nSPS) is 22.4. The van der Waals surface area contributed by atoms with Crippen molar-refractivity contribution < 1.29 is 13.5 Å². The predicted octanol–water partition coefficient (Wildman–Crippen LogP) is 2.26. The maximum Gasteiger partial charge on any atom is 0.129 e. The van der Waals surface area contributed by atoms with E-state index in [-0.39, 0.29) is 12.0 Å². The Kier molecular flexibility index (Phi) is 4.07. The zero-order valence-electron chi connectivity index (χ0n) is 9.66. The molecular formula is C13H17F2NO. The van der Waals surface area contributed by atoms with Crippen molar-refractivity contribution >= 4 is 0 Å². The largest absolute Gasteiger partial charge is 0.381 e. The topological polar surface area (TPSA) is 35.2 Å². The summed E-state index contributed by atoms with van der Waals surface area (Å²) in [6.45, 7) is 1.43. The minimum absolute atomic E-state index is 0.129. The molecule has 0 bridgehead atoms. The van der Waals surface area contributed by atoms with E-state index in [2.05, 4.69) is 0 Å². The van der Waals surface area contributed by atoms with E-state index in [0.29, 0.717) is 18.6 Å². The van der Waals surface area contributed by atoms with Gasteiger partial charge in [-0.05, 0) is 36.8 Å². The van der Waals surface area contributed by atoms with E-state index in [1.54, 1.807) is 0 Å². The average molecular weight is 241 g/mol. The summed E-state index contributed by atoms with van der Waals surface area (Å²) in [7, 11) is 0. The van der Waals surface area contributed by atoms with E-state index in [1.165, 1.54) is 12.1 Å². The lowest BCUT2D eigenvalue weighted by Crippen LogP contribution is -2.37. The van der Waals surface area contributed by atoms with Gasteiger partial charge in [0.25, 0.3) is 0 Å². The second-order valence-corrected chi connectivity index (χ2v) is 4.58. The highest BCUT2D eigenvalue weighted by Gasteiger charge is 2.22. The van der Waals surface area contributed by atoms with Gasteiger partial charge in [-0.2, -0.15) is 0 Å². The molecule has 1 fully saturated rings. The van der Waals surface area contributed by atoms with E-state index in [0.717, 1.165) is 25.5 Å². The first kappa shape index (κ1) is 12.5. The molecule has 1 saturated heterocycles. The summed E-state index contributed by atoms with van der Waals surface area (Å²) >= 11 is 0. The van der Waals surface area contributed by atoms with Gasteiger partial charge in [-0.15, -0.1) is 0 Å². The molecule has 0 amide bonds. The van der Waals surface area contributed by atoms with Gasteiger partial charge in [0.1, 0.15) is 11.6 Å². The summed E-state index contributed by atoms with van der Waals surface area (Å²) < 4.78 is 31.6. The smallest absolute Gasteiger partial charge is 0.129 e. The molecule has 0 aliphatic carbocycles. The SMILES string of the molecule is NC(Cc1ccc(F)cc1F)C1CCCOC1. The van der Waals surface area contributed by atoms with Crippen molar-refractivity contribution in [3.63, 3.8) is 0 Å². The fourth-order valence-corrected chi connectivity index (χ4v) is 2.21. The van der Waals surface area contributed by atoms with Crippen molar-refractivity contribution in [1.29, 1.82) is 0 Å². The number of nitrogens with two attached hydrogens (primary N) is 1. The Hall–Kier alpha value is -1.00. The Bertz CT molecular complexity index is 378. The summed E-state index contributed by atoms with van der Waals surface area (Å²) in [5, 5.41) is 0. The van der Waals surface area contributed by atoms with Crippen LogP contribution in [0.3, 0.4) is 0 Å². The van der Waals surface area contributed by atoms with Gasteiger partial charge in [0, 0.05) is 18.7 Å². The molecule has 1 aromatic carbocycles. The minimum Gasteiger partial charge on any atom is -0.381 e. The van der Waals surface area contributed by atoms with Gasteiger partial charge < -0.3 is 10.5 Å². The second kappa shape index (κ2) is 5.56. The number of benzene rings is 1. The van der Waals surface area contributed by atoms with Crippen LogP contribution in [0.25, 0.3) is 0 Å². The Labute approximate surface area is 99.8 Å². The van der Waals surface area contributed by atoms with Crippen LogP contribution in [0.2, 0.25) is 0 Å². The molecule has 2 N–H and O–H groups in total. The van der Waals surface area contributed by atoms with Gasteiger partial charge in [-0.3, -0.25) is 0 Å². The number of ether oxygens (including phenoxy) is 1. The molecule has 1 aliphatic heterocycles. The van der Waals surface area contributed by atoms with E-state index in [9.17, 15) is 8.78 Å². The van der Waals surface area contributed by atoms with Crippen LogP contribution in [0.1, 0.15) is 18.4 Å². The molecule has 1 aliphatic rings. The summed E-state index contributed by atoms with van der Waals surface area (Å²) in [6.07, 6.45) is 2.45. The fourth-order valence-electron chi connectivity index (χ4n) is 2.21. The van der Waals surface area contributed by atoms with Crippen molar-refractivity contribution in [2.75, 3.05) is 13.2 Å². The van der Waals surface area contributed by atoms with Crippen molar-refractivity contribution in [3.8, 4) is 0 Å². The highest BCUT2D eigenvalue weighted by molar-refractivity contribution is 5.19. The fraction of sp³-hybridized carbons (Fsp3) is 0.538. The third-order valence-corrected chi connectivity index (χ3v) is 3.27. The molecule has 4 heteroatoms. The van der Waals surface area contributed by atoms with Crippen molar-refractivity contribution in [3.05, 3.63) is 35.4 Å². The zero-order valence-corrected chi connectivity index (χ0v) is 9.66. The lowest BCUT2D eigenvalue weighted by molar-refractivity contribution is 0.0449. The van der Waals surface area contributed by atoms with Crippen LogP contribution in [0.15, 0.2) is 18.2 Å². The standard InChI is InChI=1S/C13H17F2NO/c14-11-4-3-9(12(15)7-11)6-13(16)10-2-1-5-17-8-10/h3-4,7,10,13H,1-2,5-6,8,16H2. The molecular weight excluding hydrogens is 224 g/mol. The van der Waals surface area contributed by atoms with Crippen molar-refractivity contribution in [2.45, 2.75) is 25.3 Å². The average Bonchev–Trinajstić information content (AvgIpc) is 2.34. The van der Waals surface area contributed by atoms with Crippen LogP contribution >= 0.6 is 0 Å². The van der Waals surface area contributed by atoms with Crippen LogP contribution in [-0.2, 0) is 11.2 Å². The van der Waals surface area contributed by atoms with Gasteiger partial charge >= 0.3 is 0 Å². The number of hydrogen-bond acceptors (Lipinski definition) is 2. The number of hydrogen-bond donors (Lipinski definition) is 1. The van der Waals surface area contributed by atoms with Crippen LogP contribution in [0.4, 0.5) is 8.78 Å². The molecule has 0 radical (unpaired) electrons. The third kappa shape index (κ3) is 3.23. The van der Waals surface area contributed by atoms with Gasteiger partial charge in [-0.1, -0.05) is 6.07 Å². The molecule has 1 heterocycles. The summed E-state index contributed by atoms with van der Waals surface area (Å²) in [5.41, 5.74) is 6.52.